The van der Waals surface area contributed by atoms with E-state index in [0.717, 1.165) is 11.1 Å². The van der Waals surface area contributed by atoms with Gasteiger partial charge in [0.2, 0.25) is 0 Å². The fourth-order valence-corrected chi connectivity index (χ4v) is 2.25. The minimum absolute atomic E-state index is 0.401. The molecule has 110 valence electrons. The number of hydrazone groups is 1. The van der Waals surface area contributed by atoms with Gasteiger partial charge in [0.25, 0.3) is 0 Å². The molecule has 0 bridgehead atoms. The Hall–Kier alpha value is -2.59. The van der Waals surface area contributed by atoms with Crippen molar-refractivity contribution in [2.45, 2.75) is 6.92 Å². The number of nitrogens with zero attached hydrogens (tertiary/aromatic N) is 1. The first kappa shape index (κ1) is 14.4. The molecule has 1 heterocycles. The fourth-order valence-electron chi connectivity index (χ4n) is 2.07. The Labute approximate surface area is 132 Å². The maximum absolute atomic E-state index is 12.1. The van der Waals surface area contributed by atoms with Crippen molar-refractivity contribution in [2.24, 2.45) is 5.10 Å². The highest BCUT2D eigenvalue weighted by molar-refractivity contribution is 6.31. The van der Waals surface area contributed by atoms with Crippen molar-refractivity contribution in [3.05, 3.63) is 75.6 Å². The van der Waals surface area contributed by atoms with Gasteiger partial charge in [0.05, 0.1) is 17.0 Å². The van der Waals surface area contributed by atoms with Gasteiger partial charge in [-0.2, -0.15) is 5.10 Å². The van der Waals surface area contributed by atoms with Crippen molar-refractivity contribution in [1.82, 2.24) is 0 Å². The number of halogens is 1. The molecule has 0 aliphatic rings. The quantitative estimate of drug-likeness (QED) is 0.446. The van der Waals surface area contributed by atoms with Crippen molar-refractivity contribution in [3.63, 3.8) is 0 Å². The SMILES string of the molecule is C/C(=N\Nc1ccccc1)c1cc2cc(Cl)ccc2oc1=O. The summed E-state index contributed by atoms with van der Waals surface area (Å²) in [5.74, 6) is 0. The molecule has 0 amide bonds. The molecule has 0 fully saturated rings. The van der Waals surface area contributed by atoms with Gasteiger partial charge in [-0.1, -0.05) is 29.8 Å². The van der Waals surface area contributed by atoms with E-state index in [4.69, 9.17) is 16.0 Å². The molecule has 0 radical (unpaired) electrons. The van der Waals surface area contributed by atoms with Gasteiger partial charge in [0.1, 0.15) is 5.58 Å². The van der Waals surface area contributed by atoms with Crippen LogP contribution in [-0.2, 0) is 0 Å². The van der Waals surface area contributed by atoms with Gasteiger partial charge in [-0.3, -0.25) is 5.43 Å². The first-order chi connectivity index (χ1) is 10.6. The van der Waals surface area contributed by atoms with Crippen molar-refractivity contribution in [3.8, 4) is 0 Å². The second kappa shape index (κ2) is 6.03. The Bertz CT molecular complexity index is 901. The number of fused-ring (bicyclic) bond motifs is 1. The largest absolute Gasteiger partial charge is 0.422 e. The molecule has 1 N–H and O–H groups in total. The molecule has 22 heavy (non-hydrogen) atoms. The zero-order valence-corrected chi connectivity index (χ0v) is 12.6. The maximum atomic E-state index is 12.1. The number of nitrogens with one attached hydrogen (secondary N) is 1. The molecule has 0 unspecified atom stereocenters. The third kappa shape index (κ3) is 3.02. The summed E-state index contributed by atoms with van der Waals surface area (Å²) in [6.07, 6.45) is 0. The molecule has 3 rings (SSSR count). The van der Waals surface area contributed by atoms with Crippen LogP contribution >= 0.6 is 11.6 Å². The number of benzene rings is 2. The molecular weight excluding hydrogens is 300 g/mol. The minimum Gasteiger partial charge on any atom is -0.422 e. The monoisotopic (exact) mass is 312 g/mol. The molecule has 0 saturated heterocycles. The van der Waals surface area contributed by atoms with Crippen molar-refractivity contribution in [2.75, 3.05) is 5.43 Å². The first-order valence-corrected chi connectivity index (χ1v) is 7.10. The van der Waals surface area contributed by atoms with Crippen LogP contribution < -0.4 is 11.1 Å². The molecule has 4 nitrogen and oxygen atoms in total. The third-order valence-electron chi connectivity index (χ3n) is 3.21. The van der Waals surface area contributed by atoms with Crippen LogP contribution in [-0.4, -0.2) is 5.71 Å². The maximum Gasteiger partial charge on any atom is 0.345 e. The van der Waals surface area contributed by atoms with Gasteiger partial charge in [0.15, 0.2) is 0 Å². The Balaban J connectivity index is 1.98. The number of hydrogen-bond donors (Lipinski definition) is 1. The van der Waals surface area contributed by atoms with Crippen LogP contribution in [0.5, 0.6) is 0 Å². The van der Waals surface area contributed by atoms with E-state index in [9.17, 15) is 4.79 Å². The molecule has 5 heteroatoms. The van der Waals surface area contributed by atoms with Crippen LogP contribution in [0.1, 0.15) is 12.5 Å². The predicted molar refractivity (Wildman–Crippen MR) is 89.8 cm³/mol. The molecule has 0 aliphatic heterocycles. The lowest BCUT2D eigenvalue weighted by molar-refractivity contribution is 0.559. The molecule has 0 spiro atoms. The standard InChI is InChI=1S/C17H13ClN2O2/c1-11(19-20-14-5-3-2-4-6-14)15-10-12-9-13(18)7-8-16(12)22-17(15)21/h2-10,20H,1H3/b19-11+. The lowest BCUT2D eigenvalue weighted by atomic mass is 10.1. The zero-order chi connectivity index (χ0) is 15.5. The minimum atomic E-state index is -0.425. The average molecular weight is 313 g/mol. The van der Waals surface area contributed by atoms with Crippen LogP contribution in [0, 0.1) is 0 Å². The summed E-state index contributed by atoms with van der Waals surface area (Å²) in [6.45, 7) is 1.75. The Morgan fingerprint density at radius 2 is 1.91 bits per heavy atom. The van der Waals surface area contributed by atoms with E-state index < -0.39 is 5.63 Å². The van der Waals surface area contributed by atoms with Gasteiger partial charge in [-0.25, -0.2) is 4.79 Å². The van der Waals surface area contributed by atoms with Gasteiger partial charge in [-0.15, -0.1) is 0 Å². The van der Waals surface area contributed by atoms with Crippen LogP contribution in [0.3, 0.4) is 0 Å². The number of anilines is 1. The molecular formula is C17H13ClN2O2. The summed E-state index contributed by atoms with van der Waals surface area (Å²) in [4.78, 5) is 12.1. The Morgan fingerprint density at radius 3 is 2.68 bits per heavy atom. The van der Waals surface area contributed by atoms with E-state index in [0.29, 0.717) is 21.9 Å². The highest BCUT2D eigenvalue weighted by Gasteiger charge is 2.08. The molecule has 2 aromatic carbocycles. The smallest absolute Gasteiger partial charge is 0.345 e. The summed E-state index contributed by atoms with van der Waals surface area (Å²) in [6, 6.07) is 16.4. The van der Waals surface area contributed by atoms with Crippen molar-refractivity contribution >= 4 is 34.0 Å². The van der Waals surface area contributed by atoms with E-state index in [-0.39, 0.29) is 0 Å². The molecule has 1 aromatic heterocycles. The normalized spacial score (nSPS) is 11.6. The number of rotatable bonds is 3. The fraction of sp³-hybridized carbons (Fsp3) is 0.0588. The Morgan fingerprint density at radius 1 is 1.14 bits per heavy atom. The molecule has 0 atom stereocenters. The van der Waals surface area contributed by atoms with E-state index in [1.165, 1.54) is 0 Å². The van der Waals surface area contributed by atoms with Crippen LogP contribution in [0.25, 0.3) is 11.0 Å². The highest BCUT2D eigenvalue weighted by atomic mass is 35.5. The van der Waals surface area contributed by atoms with Crippen molar-refractivity contribution < 1.29 is 4.42 Å². The number of hydrogen-bond acceptors (Lipinski definition) is 4. The topological polar surface area (TPSA) is 54.6 Å². The van der Waals surface area contributed by atoms with Gasteiger partial charge < -0.3 is 4.42 Å². The van der Waals surface area contributed by atoms with Gasteiger partial charge in [0, 0.05) is 10.4 Å². The lowest BCUT2D eigenvalue weighted by Gasteiger charge is -2.04. The van der Waals surface area contributed by atoms with Gasteiger partial charge in [-0.05, 0) is 43.3 Å². The summed E-state index contributed by atoms with van der Waals surface area (Å²) < 4.78 is 5.30. The predicted octanol–water partition coefficient (Wildman–Crippen LogP) is 4.28. The van der Waals surface area contributed by atoms with Crippen molar-refractivity contribution in [1.29, 1.82) is 0 Å². The Kier molecular flexibility index (Phi) is 3.94. The highest BCUT2D eigenvalue weighted by Crippen LogP contribution is 2.19. The molecule has 0 aliphatic carbocycles. The third-order valence-corrected chi connectivity index (χ3v) is 3.45. The zero-order valence-electron chi connectivity index (χ0n) is 11.8. The van der Waals surface area contributed by atoms with Crippen LogP contribution in [0.15, 0.2) is 68.9 Å². The summed E-state index contributed by atoms with van der Waals surface area (Å²) in [5.41, 5.74) is 4.77. The molecule has 3 aromatic rings. The van der Waals surface area contributed by atoms with E-state index in [1.54, 1.807) is 31.2 Å². The summed E-state index contributed by atoms with van der Waals surface area (Å²) in [7, 11) is 0. The second-order valence-corrected chi connectivity index (χ2v) is 5.24. The number of para-hydroxylation sites is 1. The molecule has 0 saturated carbocycles. The first-order valence-electron chi connectivity index (χ1n) is 6.72. The average Bonchev–Trinajstić information content (AvgIpc) is 2.53. The second-order valence-electron chi connectivity index (χ2n) is 4.80. The van der Waals surface area contributed by atoms with E-state index in [1.807, 2.05) is 30.3 Å². The summed E-state index contributed by atoms with van der Waals surface area (Å²) >= 11 is 5.97. The van der Waals surface area contributed by atoms with E-state index in [2.05, 4.69) is 10.5 Å². The summed E-state index contributed by atoms with van der Waals surface area (Å²) in [5, 5.41) is 5.58. The van der Waals surface area contributed by atoms with E-state index >= 15 is 0 Å². The lowest BCUT2D eigenvalue weighted by Crippen LogP contribution is -2.13. The van der Waals surface area contributed by atoms with Crippen LogP contribution in [0.4, 0.5) is 5.69 Å². The van der Waals surface area contributed by atoms with Gasteiger partial charge >= 0.3 is 5.63 Å². The van der Waals surface area contributed by atoms with Crippen LogP contribution in [0.2, 0.25) is 5.02 Å².